The molecule has 0 aliphatic heterocycles. The Morgan fingerprint density at radius 3 is 2.69 bits per heavy atom. The molecule has 0 atom stereocenters. The van der Waals surface area contributed by atoms with Crippen LogP contribution in [0.3, 0.4) is 0 Å². The zero-order valence-electron chi connectivity index (χ0n) is 7.74. The van der Waals surface area contributed by atoms with E-state index in [0.29, 0.717) is 11.6 Å². The number of aromatic amines is 1. The Bertz CT molecular complexity index is 369. The maximum atomic E-state index is 10.9. The highest BCUT2D eigenvalue weighted by Gasteiger charge is 2.08. The molecule has 1 aromatic heterocycles. The predicted molar refractivity (Wildman–Crippen MR) is 48.9 cm³/mol. The fourth-order valence-corrected chi connectivity index (χ4v) is 1.61. The molecule has 5 nitrogen and oxygen atoms in total. The predicted octanol–water partition coefficient (Wildman–Crippen LogP) is 0.302. The third-order valence-corrected chi connectivity index (χ3v) is 2.25. The Balaban J connectivity index is 2.69. The minimum Gasteiger partial charge on any atom is -0.262 e. The van der Waals surface area contributed by atoms with Gasteiger partial charge in [0.05, 0.1) is 0 Å². The van der Waals surface area contributed by atoms with Crippen molar-refractivity contribution in [3.05, 3.63) is 11.6 Å². The van der Waals surface area contributed by atoms with Crippen LogP contribution in [0.5, 0.6) is 0 Å². The number of hydrogen-bond acceptors (Lipinski definition) is 4. The molecule has 6 heteroatoms. The van der Waals surface area contributed by atoms with E-state index in [1.54, 1.807) is 0 Å². The number of aromatic nitrogens is 3. The first-order valence-corrected chi connectivity index (χ1v) is 6.15. The van der Waals surface area contributed by atoms with Crippen molar-refractivity contribution in [2.24, 2.45) is 0 Å². The number of nitrogens with one attached hydrogen (secondary N) is 1. The van der Waals surface area contributed by atoms with Crippen LogP contribution < -0.4 is 0 Å². The van der Waals surface area contributed by atoms with Gasteiger partial charge in [0.15, 0.2) is 15.7 Å². The molecule has 0 aromatic carbocycles. The van der Waals surface area contributed by atoms with Crippen LogP contribution in [0.25, 0.3) is 0 Å². The quantitative estimate of drug-likeness (QED) is 0.763. The lowest BCUT2D eigenvalue weighted by Crippen LogP contribution is -2.02. The van der Waals surface area contributed by atoms with E-state index in [0.717, 1.165) is 12.8 Å². The molecule has 0 fully saturated rings. The second-order valence-corrected chi connectivity index (χ2v) is 5.16. The topological polar surface area (TPSA) is 75.7 Å². The van der Waals surface area contributed by atoms with Crippen molar-refractivity contribution in [1.29, 1.82) is 0 Å². The van der Waals surface area contributed by atoms with Crippen LogP contribution in [0.15, 0.2) is 0 Å². The number of hydrogen-bond donors (Lipinski definition) is 1. The first-order valence-electron chi connectivity index (χ1n) is 4.09. The minimum absolute atomic E-state index is 0.0658. The Hall–Kier alpha value is -0.910. The smallest absolute Gasteiger partial charge is 0.154 e. The molecule has 1 aromatic rings. The van der Waals surface area contributed by atoms with Crippen molar-refractivity contribution in [2.75, 3.05) is 6.26 Å². The Labute approximate surface area is 77.5 Å². The average molecular weight is 203 g/mol. The molecule has 1 heterocycles. The standard InChI is InChI=1S/C7H13N3O2S/c1-3-4-6-8-7(10-9-6)5-13(2,11)12/h3-5H2,1-2H3,(H,8,9,10). The summed E-state index contributed by atoms with van der Waals surface area (Å²) in [6.07, 6.45) is 2.91. The van der Waals surface area contributed by atoms with Crippen molar-refractivity contribution in [2.45, 2.75) is 25.5 Å². The summed E-state index contributed by atoms with van der Waals surface area (Å²) < 4.78 is 21.8. The van der Waals surface area contributed by atoms with Crippen LogP contribution in [0.2, 0.25) is 0 Å². The van der Waals surface area contributed by atoms with Gasteiger partial charge >= 0.3 is 0 Å². The summed E-state index contributed by atoms with van der Waals surface area (Å²) in [5.74, 6) is 1.04. The first kappa shape index (κ1) is 10.2. The van der Waals surface area contributed by atoms with Gasteiger partial charge in [-0.05, 0) is 6.42 Å². The van der Waals surface area contributed by atoms with E-state index < -0.39 is 9.84 Å². The normalized spacial score (nSPS) is 11.8. The van der Waals surface area contributed by atoms with Gasteiger partial charge in [-0.2, -0.15) is 5.10 Å². The molecule has 0 saturated heterocycles. The number of H-pyrrole nitrogens is 1. The average Bonchev–Trinajstić information content (AvgIpc) is 2.33. The van der Waals surface area contributed by atoms with E-state index in [9.17, 15) is 8.42 Å². The molecule has 0 spiro atoms. The van der Waals surface area contributed by atoms with Crippen molar-refractivity contribution in [3.63, 3.8) is 0 Å². The zero-order valence-corrected chi connectivity index (χ0v) is 8.56. The van der Waals surface area contributed by atoms with Gasteiger partial charge in [-0.15, -0.1) is 0 Å². The summed E-state index contributed by atoms with van der Waals surface area (Å²) >= 11 is 0. The van der Waals surface area contributed by atoms with Crippen LogP contribution in [-0.2, 0) is 22.0 Å². The molecule has 0 unspecified atom stereocenters. The summed E-state index contributed by atoms with van der Waals surface area (Å²) in [6, 6.07) is 0. The maximum Gasteiger partial charge on any atom is 0.154 e. The van der Waals surface area contributed by atoms with Crippen molar-refractivity contribution in [1.82, 2.24) is 15.2 Å². The summed E-state index contributed by atoms with van der Waals surface area (Å²) in [4.78, 5) is 4.04. The van der Waals surface area contributed by atoms with Gasteiger partial charge in [0, 0.05) is 12.7 Å². The van der Waals surface area contributed by atoms with Gasteiger partial charge in [0.2, 0.25) is 0 Å². The summed E-state index contributed by atoms with van der Waals surface area (Å²) in [5.41, 5.74) is 0. The van der Waals surface area contributed by atoms with E-state index in [1.807, 2.05) is 6.92 Å². The van der Waals surface area contributed by atoms with Gasteiger partial charge in [-0.25, -0.2) is 13.4 Å². The number of rotatable bonds is 4. The van der Waals surface area contributed by atoms with Gasteiger partial charge in [-0.3, -0.25) is 5.10 Å². The molecule has 1 rings (SSSR count). The SMILES string of the molecule is CCCc1n[nH]c(CS(C)(=O)=O)n1. The van der Waals surface area contributed by atoms with Crippen molar-refractivity contribution < 1.29 is 8.42 Å². The second kappa shape index (κ2) is 3.87. The van der Waals surface area contributed by atoms with Crippen molar-refractivity contribution >= 4 is 9.84 Å². The Morgan fingerprint density at radius 2 is 2.15 bits per heavy atom. The van der Waals surface area contributed by atoms with E-state index in [4.69, 9.17) is 0 Å². The molecule has 0 saturated carbocycles. The van der Waals surface area contributed by atoms with Gasteiger partial charge in [0.1, 0.15) is 11.6 Å². The van der Waals surface area contributed by atoms with Crippen molar-refractivity contribution in [3.8, 4) is 0 Å². The third kappa shape index (κ3) is 3.54. The summed E-state index contributed by atoms with van der Waals surface area (Å²) in [7, 11) is -3.01. The molecule has 0 radical (unpaired) electrons. The van der Waals surface area contributed by atoms with Gasteiger partial charge in [-0.1, -0.05) is 6.92 Å². The molecule has 0 bridgehead atoms. The third-order valence-electron chi connectivity index (χ3n) is 1.45. The molecule has 0 amide bonds. The van der Waals surface area contributed by atoms with E-state index in [-0.39, 0.29) is 5.75 Å². The summed E-state index contributed by atoms with van der Waals surface area (Å²) in [6.45, 7) is 2.02. The lowest BCUT2D eigenvalue weighted by molar-refractivity contribution is 0.599. The summed E-state index contributed by atoms with van der Waals surface area (Å²) in [5, 5.41) is 6.50. The first-order chi connectivity index (χ1) is 6.01. The second-order valence-electron chi connectivity index (χ2n) is 3.02. The molecular weight excluding hydrogens is 190 g/mol. The van der Waals surface area contributed by atoms with E-state index in [2.05, 4.69) is 15.2 Å². The fourth-order valence-electron chi connectivity index (χ4n) is 0.983. The van der Waals surface area contributed by atoms with Crippen LogP contribution in [0.1, 0.15) is 25.0 Å². The van der Waals surface area contributed by atoms with Crippen LogP contribution in [0, 0.1) is 0 Å². The molecule has 74 valence electrons. The van der Waals surface area contributed by atoms with E-state index >= 15 is 0 Å². The highest BCUT2D eigenvalue weighted by Crippen LogP contribution is 2.00. The monoisotopic (exact) mass is 203 g/mol. The van der Waals surface area contributed by atoms with Gasteiger partial charge in [0.25, 0.3) is 0 Å². The maximum absolute atomic E-state index is 10.9. The number of nitrogens with zero attached hydrogens (tertiary/aromatic N) is 2. The highest BCUT2D eigenvalue weighted by atomic mass is 32.2. The fraction of sp³-hybridized carbons (Fsp3) is 0.714. The minimum atomic E-state index is -3.01. The van der Waals surface area contributed by atoms with Crippen LogP contribution in [0.4, 0.5) is 0 Å². The number of sulfone groups is 1. The van der Waals surface area contributed by atoms with Crippen LogP contribution in [-0.4, -0.2) is 29.9 Å². The Morgan fingerprint density at radius 1 is 1.46 bits per heavy atom. The molecule has 13 heavy (non-hydrogen) atoms. The van der Waals surface area contributed by atoms with E-state index in [1.165, 1.54) is 6.26 Å². The van der Waals surface area contributed by atoms with Gasteiger partial charge < -0.3 is 0 Å². The Kier molecular flexibility index (Phi) is 3.02. The molecular formula is C7H13N3O2S. The molecule has 0 aliphatic carbocycles. The lowest BCUT2D eigenvalue weighted by Gasteiger charge is -1.90. The number of aryl methyl sites for hydroxylation is 1. The highest BCUT2D eigenvalue weighted by molar-refractivity contribution is 7.89. The lowest BCUT2D eigenvalue weighted by atomic mass is 10.3. The zero-order chi connectivity index (χ0) is 9.90. The molecule has 1 N–H and O–H groups in total. The van der Waals surface area contributed by atoms with Crippen LogP contribution >= 0.6 is 0 Å². The molecule has 0 aliphatic rings. The largest absolute Gasteiger partial charge is 0.262 e.